The van der Waals surface area contributed by atoms with E-state index >= 15 is 0 Å². The Morgan fingerprint density at radius 3 is 1.69 bits per heavy atom. The van der Waals surface area contributed by atoms with Gasteiger partial charge in [-0.1, -0.05) is 182 Å². The summed E-state index contributed by atoms with van der Waals surface area (Å²) in [6.07, 6.45) is 0. The van der Waals surface area contributed by atoms with E-state index in [1.807, 2.05) is 6.07 Å². The fourth-order valence-electron chi connectivity index (χ4n) is 9.49. The van der Waals surface area contributed by atoms with E-state index in [1.54, 1.807) is 0 Å². The lowest BCUT2D eigenvalue weighted by Gasteiger charge is -2.32. The van der Waals surface area contributed by atoms with Gasteiger partial charge in [0, 0.05) is 22.1 Å². The van der Waals surface area contributed by atoms with Gasteiger partial charge in [0.25, 0.3) is 0 Å². The van der Waals surface area contributed by atoms with Crippen molar-refractivity contribution in [1.82, 2.24) is 0 Å². The SMILES string of the molecule is CC1(c2ccccc2)c2ccccc2-c2ccc(N(c3ccccc3-c3ccccc3-c3ccccc3-c3ccccc3)c3cccc4oc5ccccc5c34)cc21. The van der Waals surface area contributed by atoms with Crippen LogP contribution in [0.25, 0.3) is 66.4 Å². The standard InChI is InChI=1S/C56H39NO/c1-56(39-21-6-3-7-22-39)49-30-15-12-27-45(49)46-36-35-40(37-50(46)56)57(52-32-18-34-54-55(52)48-29-14-17-33-53(48)58-54)51-31-16-13-28-47(51)44-26-11-10-25-43(44)42-24-9-8-23-41(42)38-19-4-2-5-20-38/h2-37H,1H3. The minimum Gasteiger partial charge on any atom is -0.456 e. The maximum absolute atomic E-state index is 6.54. The van der Waals surface area contributed by atoms with Gasteiger partial charge in [-0.05, 0) is 99.0 Å². The molecule has 1 aliphatic rings. The Morgan fingerprint density at radius 1 is 0.379 bits per heavy atom. The molecule has 0 aliphatic heterocycles. The molecule has 2 heteroatoms. The number of furan rings is 1. The van der Waals surface area contributed by atoms with E-state index in [2.05, 4.69) is 224 Å². The summed E-state index contributed by atoms with van der Waals surface area (Å²) in [4.78, 5) is 2.47. The lowest BCUT2D eigenvalue weighted by atomic mass is 9.74. The molecule has 0 saturated carbocycles. The van der Waals surface area contributed by atoms with Gasteiger partial charge in [-0.2, -0.15) is 0 Å². The average molecular weight is 742 g/mol. The van der Waals surface area contributed by atoms with Gasteiger partial charge in [0.1, 0.15) is 11.2 Å². The summed E-state index contributed by atoms with van der Waals surface area (Å²) in [5.41, 5.74) is 18.2. The first-order valence-corrected chi connectivity index (χ1v) is 20.0. The van der Waals surface area contributed by atoms with Gasteiger partial charge in [0.05, 0.1) is 16.8 Å². The van der Waals surface area contributed by atoms with Gasteiger partial charge < -0.3 is 9.32 Å². The molecule has 58 heavy (non-hydrogen) atoms. The van der Waals surface area contributed by atoms with Crippen LogP contribution in [0.5, 0.6) is 0 Å². The van der Waals surface area contributed by atoms with Gasteiger partial charge in [0.15, 0.2) is 0 Å². The van der Waals surface area contributed by atoms with Crippen molar-refractivity contribution in [3.05, 3.63) is 235 Å². The second-order valence-corrected chi connectivity index (χ2v) is 15.3. The molecule has 1 unspecified atom stereocenters. The molecule has 0 fully saturated rings. The molecule has 10 aromatic rings. The molecule has 1 aliphatic carbocycles. The molecule has 0 radical (unpaired) electrons. The third-order valence-corrected chi connectivity index (χ3v) is 12.2. The van der Waals surface area contributed by atoms with Crippen molar-refractivity contribution in [2.45, 2.75) is 12.3 Å². The van der Waals surface area contributed by atoms with Crippen LogP contribution < -0.4 is 4.90 Å². The third-order valence-electron chi connectivity index (χ3n) is 12.2. The zero-order valence-electron chi connectivity index (χ0n) is 32.1. The molecule has 1 heterocycles. The topological polar surface area (TPSA) is 16.4 Å². The zero-order valence-corrected chi connectivity index (χ0v) is 32.1. The van der Waals surface area contributed by atoms with E-state index < -0.39 is 0 Å². The van der Waals surface area contributed by atoms with E-state index in [0.29, 0.717) is 0 Å². The maximum Gasteiger partial charge on any atom is 0.137 e. The molecule has 0 saturated heterocycles. The number of fused-ring (bicyclic) bond motifs is 6. The number of rotatable bonds is 7. The summed E-state index contributed by atoms with van der Waals surface area (Å²) in [5, 5.41) is 2.18. The van der Waals surface area contributed by atoms with E-state index in [0.717, 1.165) is 44.6 Å². The summed E-state index contributed by atoms with van der Waals surface area (Å²) in [6.45, 7) is 2.39. The quantitative estimate of drug-likeness (QED) is 0.162. The van der Waals surface area contributed by atoms with Crippen molar-refractivity contribution in [2.75, 3.05) is 4.90 Å². The summed E-state index contributed by atoms with van der Waals surface area (Å²) in [5.74, 6) is 0. The first kappa shape index (κ1) is 33.9. The Bertz CT molecular complexity index is 3140. The van der Waals surface area contributed by atoms with Crippen LogP contribution in [0.15, 0.2) is 223 Å². The lowest BCUT2D eigenvalue weighted by Crippen LogP contribution is -2.23. The average Bonchev–Trinajstić information content (AvgIpc) is 3.81. The van der Waals surface area contributed by atoms with Crippen molar-refractivity contribution >= 4 is 39.0 Å². The molecular weight excluding hydrogens is 703 g/mol. The zero-order chi connectivity index (χ0) is 38.6. The van der Waals surface area contributed by atoms with E-state index in [9.17, 15) is 0 Å². The molecule has 1 atom stereocenters. The van der Waals surface area contributed by atoms with Crippen molar-refractivity contribution in [3.63, 3.8) is 0 Å². The molecule has 0 spiro atoms. The molecule has 1 aromatic heterocycles. The minimum atomic E-state index is -0.351. The smallest absolute Gasteiger partial charge is 0.137 e. The van der Waals surface area contributed by atoms with Crippen molar-refractivity contribution in [1.29, 1.82) is 0 Å². The number of anilines is 3. The van der Waals surface area contributed by atoms with Crippen molar-refractivity contribution in [2.24, 2.45) is 0 Å². The first-order valence-electron chi connectivity index (χ1n) is 20.0. The molecule has 2 nitrogen and oxygen atoms in total. The second kappa shape index (κ2) is 13.7. The van der Waals surface area contributed by atoms with Gasteiger partial charge in [0.2, 0.25) is 0 Å². The molecule has 9 aromatic carbocycles. The fourth-order valence-corrected chi connectivity index (χ4v) is 9.49. The number of para-hydroxylation sites is 2. The maximum atomic E-state index is 6.54. The third kappa shape index (κ3) is 5.26. The predicted octanol–water partition coefficient (Wildman–Crippen LogP) is 15.4. The van der Waals surface area contributed by atoms with E-state index in [4.69, 9.17) is 4.42 Å². The molecule has 0 amide bonds. The monoisotopic (exact) mass is 741 g/mol. The number of hydrogen-bond acceptors (Lipinski definition) is 2. The van der Waals surface area contributed by atoms with Crippen molar-refractivity contribution in [3.8, 4) is 44.5 Å². The summed E-state index contributed by atoms with van der Waals surface area (Å²) >= 11 is 0. The van der Waals surface area contributed by atoms with E-state index in [-0.39, 0.29) is 5.41 Å². The largest absolute Gasteiger partial charge is 0.456 e. The van der Waals surface area contributed by atoms with Crippen LogP contribution in [0, 0.1) is 0 Å². The highest BCUT2D eigenvalue weighted by Gasteiger charge is 2.41. The van der Waals surface area contributed by atoms with Gasteiger partial charge >= 0.3 is 0 Å². The van der Waals surface area contributed by atoms with E-state index in [1.165, 1.54) is 55.6 Å². The van der Waals surface area contributed by atoms with Gasteiger partial charge in [-0.3, -0.25) is 0 Å². The summed E-state index contributed by atoms with van der Waals surface area (Å²) < 4.78 is 6.54. The van der Waals surface area contributed by atoms with Crippen molar-refractivity contribution < 1.29 is 4.42 Å². The molecule has 274 valence electrons. The number of nitrogens with zero attached hydrogens (tertiary/aromatic N) is 1. The van der Waals surface area contributed by atoms with Crippen LogP contribution in [0.2, 0.25) is 0 Å². The highest BCUT2D eigenvalue weighted by atomic mass is 16.3. The van der Waals surface area contributed by atoms with Crippen LogP contribution in [-0.2, 0) is 5.41 Å². The molecule has 0 bridgehead atoms. The Balaban J connectivity index is 1.19. The first-order chi connectivity index (χ1) is 28.7. The highest BCUT2D eigenvalue weighted by Crippen LogP contribution is 2.55. The van der Waals surface area contributed by atoms with Crippen LogP contribution >= 0.6 is 0 Å². The summed E-state index contributed by atoms with van der Waals surface area (Å²) in [7, 11) is 0. The van der Waals surface area contributed by atoms with Crippen LogP contribution in [0.1, 0.15) is 23.6 Å². The number of benzene rings is 9. The van der Waals surface area contributed by atoms with Crippen LogP contribution in [-0.4, -0.2) is 0 Å². The molecule has 11 rings (SSSR count). The van der Waals surface area contributed by atoms with Gasteiger partial charge in [-0.25, -0.2) is 0 Å². The Labute approximate surface area is 338 Å². The molecule has 0 N–H and O–H groups in total. The lowest BCUT2D eigenvalue weighted by molar-refractivity contribution is 0.669. The minimum absolute atomic E-state index is 0.351. The Hall–Kier alpha value is -7.42. The summed E-state index contributed by atoms with van der Waals surface area (Å²) in [6, 6.07) is 79.0. The Kier molecular flexibility index (Phi) is 7.97. The van der Waals surface area contributed by atoms with Crippen LogP contribution in [0.3, 0.4) is 0 Å². The number of hydrogen-bond donors (Lipinski definition) is 0. The fraction of sp³-hybridized carbons (Fsp3) is 0.0357. The second-order valence-electron chi connectivity index (χ2n) is 15.3. The normalized spacial score (nSPS) is 14.4. The Morgan fingerprint density at radius 2 is 0.914 bits per heavy atom. The van der Waals surface area contributed by atoms with Crippen LogP contribution in [0.4, 0.5) is 17.1 Å². The van der Waals surface area contributed by atoms with Gasteiger partial charge in [-0.15, -0.1) is 0 Å². The molecular formula is C56H39NO. The predicted molar refractivity (Wildman–Crippen MR) is 242 cm³/mol. The highest BCUT2D eigenvalue weighted by molar-refractivity contribution is 6.14.